The molecule has 1 saturated heterocycles. The average molecular weight is 542 g/mol. The van der Waals surface area contributed by atoms with Crippen LogP contribution >= 0.6 is 23.2 Å². The second-order valence-corrected chi connectivity index (χ2v) is 9.06. The molecule has 37 heavy (non-hydrogen) atoms. The number of anilines is 1. The Hall–Kier alpha value is -3.88. The zero-order valence-corrected chi connectivity index (χ0v) is 21.3. The van der Waals surface area contributed by atoms with Crippen LogP contribution in [0.3, 0.4) is 0 Å². The fourth-order valence-corrected chi connectivity index (χ4v) is 5.07. The number of aliphatic hydroxyl groups excluding tert-OH is 1. The van der Waals surface area contributed by atoms with E-state index in [1.165, 1.54) is 31.3 Å². The minimum atomic E-state index is -0.965. The van der Waals surface area contributed by atoms with E-state index < -0.39 is 23.5 Å². The fourth-order valence-electron chi connectivity index (χ4n) is 4.43. The van der Waals surface area contributed by atoms with Gasteiger partial charge in [0.2, 0.25) is 0 Å². The van der Waals surface area contributed by atoms with Crippen molar-refractivity contribution in [2.75, 3.05) is 32.3 Å². The first-order valence-electron chi connectivity index (χ1n) is 11.2. The molecule has 10 heteroatoms. The van der Waals surface area contributed by atoms with Crippen LogP contribution in [-0.2, 0) is 9.59 Å². The molecule has 2 aliphatic heterocycles. The van der Waals surface area contributed by atoms with Gasteiger partial charge in [-0.1, -0.05) is 35.3 Å². The summed E-state index contributed by atoms with van der Waals surface area (Å²) in [6.45, 7) is 0.770. The van der Waals surface area contributed by atoms with Gasteiger partial charge in [0.1, 0.15) is 24.7 Å². The number of Topliss-reactive ketones (excluding diaryl/α,β-unsaturated/α-hetero) is 1. The predicted molar refractivity (Wildman–Crippen MR) is 138 cm³/mol. The first-order valence-corrected chi connectivity index (χ1v) is 12.0. The second kappa shape index (κ2) is 9.88. The molecule has 1 N–H and O–H groups in total. The summed E-state index contributed by atoms with van der Waals surface area (Å²) in [4.78, 5) is 28.2. The molecule has 3 aromatic carbocycles. The van der Waals surface area contributed by atoms with Crippen molar-refractivity contribution in [1.82, 2.24) is 0 Å². The van der Waals surface area contributed by atoms with Gasteiger partial charge in [0.25, 0.3) is 11.7 Å². The number of nitrogens with zero attached hydrogens (tertiary/aromatic N) is 1. The number of hydrogen-bond acceptors (Lipinski definition) is 7. The van der Waals surface area contributed by atoms with Crippen LogP contribution < -0.4 is 23.8 Å². The highest BCUT2D eigenvalue weighted by molar-refractivity contribution is 6.51. The number of carbonyl (C=O) groups excluding carboxylic acids is 2. The molecule has 8 nitrogen and oxygen atoms in total. The minimum Gasteiger partial charge on any atom is -0.507 e. The number of methoxy groups -OCH3 is 2. The first-order chi connectivity index (χ1) is 17.8. The third-order valence-electron chi connectivity index (χ3n) is 6.16. The average Bonchev–Trinajstić information content (AvgIpc) is 3.17. The summed E-state index contributed by atoms with van der Waals surface area (Å²) < 4.78 is 21.7. The molecule has 2 aliphatic rings. The van der Waals surface area contributed by atoms with E-state index in [0.717, 1.165) is 0 Å². The van der Waals surface area contributed by atoms with E-state index in [1.807, 2.05) is 0 Å². The van der Waals surface area contributed by atoms with Crippen LogP contribution in [0.15, 0.2) is 60.2 Å². The number of carbonyl (C=O) groups is 2. The van der Waals surface area contributed by atoms with E-state index in [0.29, 0.717) is 41.7 Å². The third-order valence-corrected chi connectivity index (χ3v) is 6.72. The SMILES string of the molecule is COc1ccc(C2/C(=C(\O)c3cc(Cl)c(OC)c(Cl)c3)C(=O)C(=O)N2c2ccc3c(c2)OCCO3)cc1. The molecular weight excluding hydrogens is 521 g/mol. The standard InChI is InChI=1S/C27H21Cl2NO7/c1-34-17-6-3-14(4-7-17)23-22(24(31)15-11-18(28)26(35-2)19(29)12-15)25(32)27(33)30(23)16-5-8-20-21(13-16)37-10-9-36-20/h3-8,11-13,23,31H,9-10H2,1-2H3/b24-22+. The van der Waals surface area contributed by atoms with Crippen molar-refractivity contribution in [3.63, 3.8) is 0 Å². The molecule has 0 saturated carbocycles. The Morgan fingerprint density at radius 1 is 0.919 bits per heavy atom. The Balaban J connectivity index is 1.70. The van der Waals surface area contributed by atoms with E-state index in [1.54, 1.807) is 42.5 Å². The van der Waals surface area contributed by atoms with Crippen molar-refractivity contribution in [2.45, 2.75) is 6.04 Å². The maximum absolute atomic E-state index is 13.4. The maximum Gasteiger partial charge on any atom is 0.300 e. The molecule has 0 radical (unpaired) electrons. The highest BCUT2D eigenvalue weighted by Crippen LogP contribution is 2.45. The number of benzene rings is 3. The van der Waals surface area contributed by atoms with Gasteiger partial charge in [-0.3, -0.25) is 14.5 Å². The summed E-state index contributed by atoms with van der Waals surface area (Å²) in [5.74, 6) is -0.299. The summed E-state index contributed by atoms with van der Waals surface area (Å²) >= 11 is 12.6. The summed E-state index contributed by atoms with van der Waals surface area (Å²) in [5, 5.41) is 11.6. The maximum atomic E-state index is 13.4. The van der Waals surface area contributed by atoms with Crippen LogP contribution in [0.1, 0.15) is 17.2 Å². The highest BCUT2D eigenvalue weighted by Gasteiger charge is 2.47. The Kier molecular flexibility index (Phi) is 6.62. The van der Waals surface area contributed by atoms with E-state index in [2.05, 4.69) is 0 Å². The Bertz CT molecular complexity index is 1410. The predicted octanol–water partition coefficient (Wildman–Crippen LogP) is 5.41. The van der Waals surface area contributed by atoms with Crippen molar-refractivity contribution in [3.8, 4) is 23.0 Å². The number of halogens is 2. The molecule has 2 heterocycles. The monoisotopic (exact) mass is 541 g/mol. The molecule has 5 rings (SSSR count). The van der Waals surface area contributed by atoms with E-state index in [4.69, 9.17) is 42.1 Å². The summed E-state index contributed by atoms with van der Waals surface area (Å²) in [6, 6.07) is 13.7. The molecule has 0 aromatic heterocycles. The van der Waals surface area contributed by atoms with Gasteiger partial charge in [-0.05, 0) is 42.0 Å². The van der Waals surface area contributed by atoms with Gasteiger partial charge in [0, 0.05) is 17.3 Å². The largest absolute Gasteiger partial charge is 0.507 e. The molecule has 0 aliphatic carbocycles. The van der Waals surface area contributed by atoms with Crippen LogP contribution in [0.25, 0.3) is 5.76 Å². The lowest BCUT2D eigenvalue weighted by molar-refractivity contribution is -0.132. The van der Waals surface area contributed by atoms with Gasteiger partial charge in [-0.2, -0.15) is 0 Å². The van der Waals surface area contributed by atoms with Crippen LogP contribution in [0.5, 0.6) is 23.0 Å². The van der Waals surface area contributed by atoms with Crippen LogP contribution in [0.4, 0.5) is 5.69 Å². The number of ether oxygens (including phenoxy) is 4. The van der Waals surface area contributed by atoms with E-state index >= 15 is 0 Å². The molecule has 1 atom stereocenters. The van der Waals surface area contributed by atoms with Crippen molar-refractivity contribution in [1.29, 1.82) is 0 Å². The molecule has 3 aromatic rings. The molecule has 0 spiro atoms. The van der Waals surface area contributed by atoms with Gasteiger partial charge >= 0.3 is 0 Å². The zero-order valence-electron chi connectivity index (χ0n) is 19.8. The van der Waals surface area contributed by atoms with Gasteiger partial charge in [-0.25, -0.2) is 0 Å². The molecule has 0 bridgehead atoms. The summed E-state index contributed by atoms with van der Waals surface area (Å²) in [7, 11) is 2.95. The number of amides is 1. The lowest BCUT2D eigenvalue weighted by Gasteiger charge is -2.27. The number of ketones is 1. The Morgan fingerprint density at radius 3 is 2.19 bits per heavy atom. The number of rotatable bonds is 5. The highest BCUT2D eigenvalue weighted by atomic mass is 35.5. The first kappa shape index (κ1) is 24.8. The minimum absolute atomic E-state index is 0.123. The quantitative estimate of drug-likeness (QED) is 0.262. The van der Waals surface area contributed by atoms with Gasteiger partial charge in [-0.15, -0.1) is 0 Å². The Morgan fingerprint density at radius 2 is 1.57 bits per heavy atom. The smallest absolute Gasteiger partial charge is 0.300 e. The van der Waals surface area contributed by atoms with Crippen LogP contribution in [0.2, 0.25) is 10.0 Å². The summed E-state index contributed by atoms with van der Waals surface area (Å²) in [6.07, 6.45) is 0. The fraction of sp³-hybridized carbons (Fsp3) is 0.185. The van der Waals surface area contributed by atoms with E-state index in [-0.39, 0.29) is 26.9 Å². The van der Waals surface area contributed by atoms with Gasteiger partial charge in [0.05, 0.1) is 35.9 Å². The molecular formula is C27H21Cl2NO7. The number of aliphatic hydroxyl groups is 1. The van der Waals surface area contributed by atoms with Crippen molar-refractivity contribution in [2.24, 2.45) is 0 Å². The zero-order chi connectivity index (χ0) is 26.3. The van der Waals surface area contributed by atoms with Crippen LogP contribution in [-0.4, -0.2) is 44.2 Å². The van der Waals surface area contributed by atoms with Gasteiger partial charge < -0.3 is 24.1 Å². The van der Waals surface area contributed by atoms with Crippen molar-refractivity contribution < 1.29 is 33.6 Å². The number of hydrogen-bond donors (Lipinski definition) is 1. The van der Waals surface area contributed by atoms with Crippen molar-refractivity contribution >= 4 is 46.3 Å². The lowest BCUT2D eigenvalue weighted by atomic mass is 9.95. The normalized spacial score (nSPS) is 18.2. The van der Waals surface area contributed by atoms with Crippen LogP contribution in [0, 0.1) is 0 Å². The molecule has 1 fully saturated rings. The molecule has 190 valence electrons. The lowest BCUT2D eigenvalue weighted by Crippen LogP contribution is -2.29. The topological polar surface area (TPSA) is 94.5 Å². The molecule has 1 unspecified atom stereocenters. The Labute approximate surface area is 222 Å². The summed E-state index contributed by atoms with van der Waals surface area (Å²) in [5.41, 5.74) is 1.01. The van der Waals surface area contributed by atoms with E-state index in [9.17, 15) is 14.7 Å². The second-order valence-electron chi connectivity index (χ2n) is 8.24. The number of fused-ring (bicyclic) bond motifs is 1. The third kappa shape index (κ3) is 4.32. The molecule has 1 amide bonds. The van der Waals surface area contributed by atoms with Crippen molar-refractivity contribution in [3.05, 3.63) is 81.3 Å². The van der Waals surface area contributed by atoms with Gasteiger partial charge in [0.15, 0.2) is 17.2 Å².